The first kappa shape index (κ1) is 18.3. The molecule has 0 unspecified atom stereocenters. The molecular weight excluding hydrogens is 361 g/mol. The molecule has 6 nitrogen and oxygen atoms in total. The Hall–Kier alpha value is -3.49. The molecule has 0 radical (unpaired) electrons. The van der Waals surface area contributed by atoms with Crippen LogP contribution in [0, 0.1) is 0 Å². The molecule has 0 saturated heterocycles. The highest BCUT2D eigenvalue weighted by atomic mass is 19.4. The molecule has 2 heterocycles. The number of hydrogen-bond acceptors (Lipinski definition) is 6. The first-order chi connectivity index (χ1) is 12.9. The number of anilines is 2. The summed E-state index contributed by atoms with van der Waals surface area (Å²) in [5.74, 6) is 0.252. The van der Waals surface area contributed by atoms with Gasteiger partial charge in [-0.1, -0.05) is 0 Å². The number of benzene rings is 1. The summed E-state index contributed by atoms with van der Waals surface area (Å²) in [6, 6.07) is 9.20. The average Bonchev–Trinajstić information content (AvgIpc) is 2.68. The van der Waals surface area contributed by atoms with Crippen LogP contribution in [0.4, 0.5) is 24.8 Å². The average molecular weight is 374 g/mol. The maximum Gasteiger partial charge on any atom is 0.419 e. The molecule has 1 N–H and O–H groups in total. The summed E-state index contributed by atoms with van der Waals surface area (Å²) in [4.78, 5) is 22.4. The van der Waals surface area contributed by atoms with Crippen molar-refractivity contribution in [3.8, 4) is 17.1 Å². The number of halogens is 3. The van der Waals surface area contributed by atoms with E-state index >= 15 is 0 Å². The number of alkyl halides is 3. The van der Waals surface area contributed by atoms with Crippen LogP contribution in [-0.4, -0.2) is 28.3 Å². The van der Waals surface area contributed by atoms with Gasteiger partial charge >= 0.3 is 6.18 Å². The van der Waals surface area contributed by atoms with Crippen LogP contribution in [0.25, 0.3) is 11.3 Å². The van der Waals surface area contributed by atoms with Crippen molar-refractivity contribution < 1.29 is 22.7 Å². The number of hydrogen-bond donors (Lipinski definition) is 1. The van der Waals surface area contributed by atoms with Gasteiger partial charge in [0.15, 0.2) is 0 Å². The van der Waals surface area contributed by atoms with Crippen LogP contribution in [0.2, 0.25) is 0 Å². The second-order valence-corrected chi connectivity index (χ2v) is 5.41. The van der Waals surface area contributed by atoms with Crippen molar-refractivity contribution in [1.82, 2.24) is 15.0 Å². The lowest BCUT2D eigenvalue weighted by Gasteiger charge is -2.13. The summed E-state index contributed by atoms with van der Waals surface area (Å²) in [6.45, 7) is 0. The number of methoxy groups -OCH3 is 1. The maximum atomic E-state index is 13.3. The number of aldehydes is 1. The molecular formula is C18H13F3N4O2. The van der Waals surface area contributed by atoms with E-state index in [9.17, 15) is 18.0 Å². The van der Waals surface area contributed by atoms with Crippen LogP contribution in [0.5, 0.6) is 5.88 Å². The number of ether oxygens (including phenoxy) is 1. The molecule has 138 valence electrons. The molecule has 0 saturated carbocycles. The fourth-order valence-corrected chi connectivity index (χ4v) is 2.28. The van der Waals surface area contributed by atoms with Crippen LogP contribution in [0.15, 0.2) is 48.8 Å². The van der Waals surface area contributed by atoms with Gasteiger partial charge in [-0.05, 0) is 30.3 Å². The normalized spacial score (nSPS) is 11.1. The molecule has 0 fully saturated rings. The molecule has 0 bridgehead atoms. The fraction of sp³-hybridized carbons (Fsp3) is 0.111. The van der Waals surface area contributed by atoms with Crippen LogP contribution in [0.3, 0.4) is 0 Å². The van der Waals surface area contributed by atoms with E-state index < -0.39 is 11.7 Å². The fourth-order valence-electron chi connectivity index (χ4n) is 2.28. The second kappa shape index (κ2) is 7.40. The predicted molar refractivity (Wildman–Crippen MR) is 91.9 cm³/mol. The third kappa shape index (κ3) is 4.20. The zero-order valence-electron chi connectivity index (χ0n) is 14.0. The van der Waals surface area contributed by atoms with Crippen molar-refractivity contribution in [2.45, 2.75) is 6.18 Å². The Bertz CT molecular complexity index is 942. The molecule has 0 atom stereocenters. The van der Waals surface area contributed by atoms with Crippen molar-refractivity contribution in [1.29, 1.82) is 0 Å². The quantitative estimate of drug-likeness (QED) is 0.677. The Labute approximate surface area is 152 Å². The minimum atomic E-state index is -4.63. The summed E-state index contributed by atoms with van der Waals surface area (Å²) in [6.07, 6.45) is -1.97. The van der Waals surface area contributed by atoms with Crippen molar-refractivity contribution in [3.63, 3.8) is 0 Å². The third-order valence-electron chi connectivity index (χ3n) is 3.62. The van der Waals surface area contributed by atoms with E-state index in [2.05, 4.69) is 20.3 Å². The second-order valence-electron chi connectivity index (χ2n) is 5.41. The monoisotopic (exact) mass is 374 g/mol. The smallest absolute Gasteiger partial charge is 0.419 e. The molecule has 27 heavy (non-hydrogen) atoms. The lowest BCUT2D eigenvalue weighted by molar-refractivity contribution is -0.137. The molecule has 0 aliphatic heterocycles. The predicted octanol–water partition coefficient (Wildman–Crippen LogP) is 4.12. The lowest BCUT2D eigenvalue weighted by atomic mass is 10.1. The van der Waals surface area contributed by atoms with Gasteiger partial charge in [-0.15, -0.1) is 0 Å². The number of nitrogens with zero attached hydrogens (tertiary/aromatic N) is 3. The van der Waals surface area contributed by atoms with Crippen LogP contribution in [-0.2, 0) is 6.18 Å². The summed E-state index contributed by atoms with van der Waals surface area (Å²) in [7, 11) is 1.41. The third-order valence-corrected chi connectivity index (χ3v) is 3.62. The van der Waals surface area contributed by atoms with Gasteiger partial charge in [-0.2, -0.15) is 13.2 Å². The molecule has 0 spiro atoms. The van der Waals surface area contributed by atoms with Gasteiger partial charge in [0.05, 0.1) is 12.8 Å². The molecule has 1 aromatic carbocycles. The van der Waals surface area contributed by atoms with E-state index in [0.717, 1.165) is 0 Å². The number of aromatic nitrogens is 3. The Kier molecular flexibility index (Phi) is 5.02. The Morgan fingerprint density at radius 1 is 1.04 bits per heavy atom. The van der Waals surface area contributed by atoms with E-state index in [-0.39, 0.29) is 23.1 Å². The van der Waals surface area contributed by atoms with E-state index in [1.54, 1.807) is 24.3 Å². The van der Waals surface area contributed by atoms with Gasteiger partial charge in [0.2, 0.25) is 11.8 Å². The molecule has 3 rings (SSSR count). The summed E-state index contributed by atoms with van der Waals surface area (Å²) in [5.41, 5.74) is -0.112. The highest BCUT2D eigenvalue weighted by molar-refractivity contribution is 5.76. The highest BCUT2D eigenvalue weighted by Gasteiger charge is 2.35. The number of pyridine rings is 1. The first-order valence-corrected chi connectivity index (χ1v) is 7.67. The lowest BCUT2D eigenvalue weighted by Crippen LogP contribution is -2.11. The molecule has 0 amide bonds. The van der Waals surface area contributed by atoms with Gasteiger partial charge in [-0.25, -0.2) is 15.0 Å². The molecule has 2 aromatic heterocycles. The van der Waals surface area contributed by atoms with Gasteiger partial charge in [0.25, 0.3) is 0 Å². The maximum absolute atomic E-state index is 13.3. The van der Waals surface area contributed by atoms with Crippen LogP contribution < -0.4 is 10.1 Å². The Balaban J connectivity index is 2.00. The number of carbonyl (C=O) groups is 1. The Morgan fingerprint density at radius 3 is 2.33 bits per heavy atom. The van der Waals surface area contributed by atoms with Crippen LogP contribution >= 0.6 is 0 Å². The van der Waals surface area contributed by atoms with Gasteiger partial charge < -0.3 is 10.1 Å². The Morgan fingerprint density at radius 2 is 1.78 bits per heavy atom. The number of rotatable bonds is 5. The van der Waals surface area contributed by atoms with E-state index in [0.29, 0.717) is 23.7 Å². The molecule has 3 aromatic rings. The summed E-state index contributed by atoms with van der Waals surface area (Å²) >= 11 is 0. The van der Waals surface area contributed by atoms with Crippen molar-refractivity contribution in [3.05, 3.63) is 59.9 Å². The zero-order chi connectivity index (χ0) is 19.4. The molecule has 9 heteroatoms. The standard InChI is InChI=1S/C18H13F3N4O2/c1-27-15-7-4-12(8-22-15)16-14(18(19,20)21)9-23-17(25-16)24-13-5-2-11(10-26)3-6-13/h2-10H,1H3,(H,23,24,25). The largest absolute Gasteiger partial charge is 0.481 e. The highest BCUT2D eigenvalue weighted by Crippen LogP contribution is 2.36. The van der Waals surface area contributed by atoms with E-state index in [1.807, 2.05) is 0 Å². The van der Waals surface area contributed by atoms with E-state index in [4.69, 9.17) is 4.74 Å². The van der Waals surface area contributed by atoms with Crippen LogP contribution in [0.1, 0.15) is 15.9 Å². The van der Waals surface area contributed by atoms with Gasteiger partial charge in [0, 0.05) is 35.3 Å². The summed E-state index contributed by atoms with van der Waals surface area (Å²) in [5, 5.41) is 2.82. The van der Waals surface area contributed by atoms with Crippen molar-refractivity contribution >= 4 is 17.9 Å². The zero-order valence-corrected chi connectivity index (χ0v) is 14.0. The topological polar surface area (TPSA) is 77.0 Å². The molecule has 0 aliphatic carbocycles. The van der Waals surface area contributed by atoms with Gasteiger partial charge in [0.1, 0.15) is 11.8 Å². The molecule has 0 aliphatic rings. The summed E-state index contributed by atoms with van der Waals surface area (Å²) < 4.78 is 44.9. The minimum Gasteiger partial charge on any atom is -0.481 e. The number of nitrogens with one attached hydrogen (secondary N) is 1. The number of carbonyl (C=O) groups excluding carboxylic acids is 1. The van der Waals surface area contributed by atoms with Crippen molar-refractivity contribution in [2.75, 3.05) is 12.4 Å². The van der Waals surface area contributed by atoms with E-state index in [1.165, 1.54) is 25.4 Å². The van der Waals surface area contributed by atoms with Gasteiger partial charge in [-0.3, -0.25) is 4.79 Å². The van der Waals surface area contributed by atoms with Crippen molar-refractivity contribution in [2.24, 2.45) is 0 Å². The first-order valence-electron chi connectivity index (χ1n) is 7.67. The SMILES string of the molecule is COc1ccc(-c2nc(Nc3ccc(C=O)cc3)ncc2C(F)(F)F)cn1. The minimum absolute atomic E-state index is 0.0207.